The van der Waals surface area contributed by atoms with Gasteiger partial charge in [0.05, 0.1) is 4.92 Å². The number of hydrogen-bond acceptors (Lipinski definition) is 3. The van der Waals surface area contributed by atoms with Gasteiger partial charge in [0.25, 0.3) is 11.6 Å². The monoisotopic (exact) mass is 270 g/mol. The van der Waals surface area contributed by atoms with Gasteiger partial charge in [-0.25, -0.2) is 0 Å². The number of benzene rings is 2. The molecule has 0 heterocycles. The zero-order valence-corrected chi connectivity index (χ0v) is 11.2. The predicted octanol–water partition coefficient (Wildman–Crippen LogP) is 2.96. The van der Waals surface area contributed by atoms with Gasteiger partial charge in [0.1, 0.15) is 0 Å². The number of non-ortho nitro benzene ring substituents is 1. The van der Waals surface area contributed by atoms with Crippen LogP contribution in [0.2, 0.25) is 0 Å². The molecule has 0 aromatic heterocycles. The molecule has 1 amide bonds. The highest BCUT2D eigenvalue weighted by molar-refractivity contribution is 5.94. The van der Waals surface area contributed by atoms with E-state index in [1.54, 1.807) is 50.5 Å². The fraction of sp³-hybridized carbons (Fsp3) is 0.133. The standard InChI is InChI=1S/C15H14N2O3/c1-16(2)15(18)12-8-6-11(7-9-12)13-4-3-5-14(10-13)17(19)20/h3-10H,1-2H3. The number of nitro benzene ring substituents is 1. The molecule has 0 fully saturated rings. The smallest absolute Gasteiger partial charge is 0.270 e. The quantitative estimate of drug-likeness (QED) is 0.636. The molecular formula is C15H14N2O3. The van der Waals surface area contributed by atoms with Crippen molar-refractivity contribution in [1.29, 1.82) is 0 Å². The molecule has 0 saturated heterocycles. The topological polar surface area (TPSA) is 63.5 Å². The summed E-state index contributed by atoms with van der Waals surface area (Å²) >= 11 is 0. The van der Waals surface area contributed by atoms with Crippen molar-refractivity contribution < 1.29 is 9.72 Å². The number of carbonyl (C=O) groups excluding carboxylic acids is 1. The second kappa shape index (κ2) is 5.52. The lowest BCUT2D eigenvalue weighted by Crippen LogP contribution is -2.21. The minimum atomic E-state index is -0.423. The van der Waals surface area contributed by atoms with Gasteiger partial charge in [-0.3, -0.25) is 14.9 Å². The van der Waals surface area contributed by atoms with Crippen LogP contribution in [0.1, 0.15) is 10.4 Å². The summed E-state index contributed by atoms with van der Waals surface area (Å²) in [6.07, 6.45) is 0. The first kappa shape index (κ1) is 13.7. The van der Waals surface area contributed by atoms with E-state index in [9.17, 15) is 14.9 Å². The van der Waals surface area contributed by atoms with Crippen LogP contribution in [0.3, 0.4) is 0 Å². The number of hydrogen-bond donors (Lipinski definition) is 0. The molecule has 0 atom stereocenters. The fourth-order valence-electron chi connectivity index (χ4n) is 1.86. The number of amides is 1. The Labute approximate surface area is 116 Å². The van der Waals surface area contributed by atoms with Gasteiger partial charge in [-0.15, -0.1) is 0 Å². The first-order chi connectivity index (χ1) is 9.49. The predicted molar refractivity (Wildman–Crippen MR) is 76.5 cm³/mol. The van der Waals surface area contributed by atoms with Crippen molar-refractivity contribution in [3.63, 3.8) is 0 Å². The van der Waals surface area contributed by atoms with E-state index in [4.69, 9.17) is 0 Å². The Bertz CT molecular complexity index is 648. The van der Waals surface area contributed by atoms with Crippen molar-refractivity contribution in [1.82, 2.24) is 4.90 Å². The number of nitro groups is 1. The lowest BCUT2D eigenvalue weighted by molar-refractivity contribution is -0.384. The number of rotatable bonds is 3. The zero-order chi connectivity index (χ0) is 14.7. The Balaban J connectivity index is 2.33. The second-order valence-corrected chi connectivity index (χ2v) is 4.58. The van der Waals surface area contributed by atoms with Crippen LogP contribution in [0.5, 0.6) is 0 Å². The van der Waals surface area contributed by atoms with Crippen LogP contribution < -0.4 is 0 Å². The Kier molecular flexibility index (Phi) is 3.79. The van der Waals surface area contributed by atoms with Gasteiger partial charge in [-0.05, 0) is 23.3 Å². The molecule has 0 spiro atoms. The fourth-order valence-corrected chi connectivity index (χ4v) is 1.86. The van der Waals surface area contributed by atoms with E-state index in [1.807, 2.05) is 0 Å². The molecule has 0 bridgehead atoms. The van der Waals surface area contributed by atoms with Crippen LogP contribution in [-0.2, 0) is 0 Å². The van der Waals surface area contributed by atoms with Crippen LogP contribution in [-0.4, -0.2) is 29.8 Å². The average molecular weight is 270 g/mol. The van der Waals surface area contributed by atoms with Crippen molar-refractivity contribution in [2.75, 3.05) is 14.1 Å². The molecule has 2 rings (SSSR count). The highest BCUT2D eigenvalue weighted by atomic mass is 16.6. The number of nitrogens with zero attached hydrogens (tertiary/aromatic N) is 2. The van der Waals surface area contributed by atoms with Gasteiger partial charge in [-0.2, -0.15) is 0 Å². The molecular weight excluding hydrogens is 256 g/mol. The summed E-state index contributed by atoms with van der Waals surface area (Å²) < 4.78 is 0. The third-order valence-electron chi connectivity index (χ3n) is 2.93. The van der Waals surface area contributed by atoms with Gasteiger partial charge in [0.15, 0.2) is 0 Å². The largest absolute Gasteiger partial charge is 0.345 e. The molecule has 0 saturated carbocycles. The van der Waals surface area contributed by atoms with E-state index in [2.05, 4.69) is 0 Å². The molecule has 2 aromatic carbocycles. The third kappa shape index (κ3) is 2.83. The second-order valence-electron chi connectivity index (χ2n) is 4.58. The molecule has 0 unspecified atom stereocenters. The lowest BCUT2D eigenvalue weighted by Gasteiger charge is -2.10. The Hall–Kier alpha value is -2.69. The summed E-state index contributed by atoms with van der Waals surface area (Å²) in [7, 11) is 3.38. The van der Waals surface area contributed by atoms with E-state index in [-0.39, 0.29) is 11.6 Å². The molecule has 0 N–H and O–H groups in total. The highest BCUT2D eigenvalue weighted by Gasteiger charge is 2.09. The van der Waals surface area contributed by atoms with Gasteiger partial charge in [0, 0.05) is 31.8 Å². The molecule has 5 heteroatoms. The zero-order valence-electron chi connectivity index (χ0n) is 11.2. The highest BCUT2D eigenvalue weighted by Crippen LogP contribution is 2.24. The van der Waals surface area contributed by atoms with E-state index in [0.717, 1.165) is 11.1 Å². The van der Waals surface area contributed by atoms with Crippen molar-refractivity contribution in [2.45, 2.75) is 0 Å². The molecule has 5 nitrogen and oxygen atoms in total. The SMILES string of the molecule is CN(C)C(=O)c1ccc(-c2cccc([N+](=O)[O-])c2)cc1. The Morgan fingerprint density at radius 2 is 1.70 bits per heavy atom. The Morgan fingerprint density at radius 3 is 2.25 bits per heavy atom. The summed E-state index contributed by atoms with van der Waals surface area (Å²) in [4.78, 5) is 23.6. The Morgan fingerprint density at radius 1 is 1.05 bits per heavy atom. The normalized spacial score (nSPS) is 10.1. The van der Waals surface area contributed by atoms with Gasteiger partial charge in [-0.1, -0.05) is 24.3 Å². The van der Waals surface area contributed by atoms with Crippen LogP contribution in [0.25, 0.3) is 11.1 Å². The van der Waals surface area contributed by atoms with Gasteiger partial charge in [0.2, 0.25) is 0 Å². The summed E-state index contributed by atoms with van der Waals surface area (Å²) in [5.74, 6) is -0.0735. The lowest BCUT2D eigenvalue weighted by atomic mass is 10.0. The minimum absolute atomic E-state index is 0.0518. The van der Waals surface area contributed by atoms with Crippen LogP contribution in [0.15, 0.2) is 48.5 Å². The third-order valence-corrected chi connectivity index (χ3v) is 2.93. The van der Waals surface area contributed by atoms with E-state index in [0.29, 0.717) is 5.56 Å². The minimum Gasteiger partial charge on any atom is -0.345 e. The maximum Gasteiger partial charge on any atom is 0.270 e. The summed E-state index contributed by atoms with van der Waals surface area (Å²) in [6.45, 7) is 0. The summed E-state index contributed by atoms with van der Waals surface area (Å²) in [6, 6.07) is 13.4. The summed E-state index contributed by atoms with van der Waals surface area (Å²) in [5.41, 5.74) is 2.23. The molecule has 0 aliphatic rings. The first-order valence-electron chi connectivity index (χ1n) is 6.05. The van der Waals surface area contributed by atoms with E-state index < -0.39 is 4.92 Å². The molecule has 20 heavy (non-hydrogen) atoms. The maximum atomic E-state index is 11.8. The first-order valence-corrected chi connectivity index (χ1v) is 6.05. The molecule has 0 aliphatic carbocycles. The van der Waals surface area contributed by atoms with Gasteiger partial charge >= 0.3 is 0 Å². The number of carbonyl (C=O) groups is 1. The van der Waals surface area contributed by atoms with E-state index >= 15 is 0 Å². The molecule has 0 radical (unpaired) electrons. The van der Waals surface area contributed by atoms with E-state index in [1.165, 1.54) is 17.0 Å². The van der Waals surface area contributed by atoms with Crippen molar-refractivity contribution >= 4 is 11.6 Å². The molecule has 2 aromatic rings. The summed E-state index contributed by atoms with van der Waals surface area (Å²) in [5, 5.41) is 10.8. The van der Waals surface area contributed by atoms with Crippen LogP contribution >= 0.6 is 0 Å². The molecule has 102 valence electrons. The van der Waals surface area contributed by atoms with Gasteiger partial charge < -0.3 is 4.90 Å². The molecule has 0 aliphatic heterocycles. The van der Waals surface area contributed by atoms with Crippen LogP contribution in [0, 0.1) is 10.1 Å². The average Bonchev–Trinajstić information content (AvgIpc) is 2.46. The van der Waals surface area contributed by atoms with Crippen LogP contribution in [0.4, 0.5) is 5.69 Å². The van der Waals surface area contributed by atoms with Crippen molar-refractivity contribution in [2.24, 2.45) is 0 Å². The van der Waals surface area contributed by atoms with Crippen molar-refractivity contribution in [3.8, 4) is 11.1 Å². The maximum absolute atomic E-state index is 11.8. The van der Waals surface area contributed by atoms with Crippen molar-refractivity contribution in [3.05, 3.63) is 64.2 Å².